The molecule has 3 aromatic rings. The molecule has 5 heteroatoms. The molecule has 1 aromatic heterocycles. The molecule has 0 unspecified atom stereocenters. The van der Waals surface area contributed by atoms with Crippen molar-refractivity contribution >= 4 is 5.96 Å². The van der Waals surface area contributed by atoms with Crippen molar-refractivity contribution in [1.82, 2.24) is 15.6 Å². The molecular formula is C21H24N4O. The summed E-state index contributed by atoms with van der Waals surface area (Å²) >= 11 is 0. The second-order valence-corrected chi connectivity index (χ2v) is 6.10. The molecule has 0 aliphatic rings. The van der Waals surface area contributed by atoms with Crippen LogP contribution in [-0.4, -0.2) is 24.5 Å². The van der Waals surface area contributed by atoms with Crippen LogP contribution in [0.5, 0.6) is 0 Å². The molecular weight excluding hydrogens is 324 g/mol. The predicted molar refractivity (Wildman–Crippen MR) is 105 cm³/mol. The van der Waals surface area contributed by atoms with Crippen LogP contribution in [0.3, 0.4) is 0 Å². The van der Waals surface area contributed by atoms with E-state index < -0.39 is 0 Å². The standard InChI is InChI=1S/C21H24N4O/c1-16-8-10-18(11-9-16)20-25-19(15-26-20)12-13-23-21(22-2)24-14-17-6-4-3-5-7-17/h3-11,15H,12-14H2,1-2H3,(H2,22,23,24). The third kappa shape index (κ3) is 4.96. The first-order valence-electron chi connectivity index (χ1n) is 8.74. The van der Waals surface area contributed by atoms with Crippen molar-refractivity contribution in [2.75, 3.05) is 13.6 Å². The Labute approximate surface area is 154 Å². The zero-order chi connectivity index (χ0) is 18.2. The molecule has 0 aliphatic carbocycles. The van der Waals surface area contributed by atoms with E-state index in [9.17, 15) is 0 Å². The molecule has 0 radical (unpaired) electrons. The van der Waals surface area contributed by atoms with Gasteiger partial charge in [-0.2, -0.15) is 0 Å². The van der Waals surface area contributed by atoms with Gasteiger partial charge in [0.25, 0.3) is 0 Å². The smallest absolute Gasteiger partial charge is 0.226 e. The highest BCUT2D eigenvalue weighted by Gasteiger charge is 2.07. The van der Waals surface area contributed by atoms with Gasteiger partial charge >= 0.3 is 0 Å². The number of aryl methyl sites for hydroxylation is 1. The number of benzene rings is 2. The maximum Gasteiger partial charge on any atom is 0.226 e. The Kier molecular flexibility index (Phi) is 6.04. The minimum atomic E-state index is 0.659. The van der Waals surface area contributed by atoms with Gasteiger partial charge in [0.1, 0.15) is 6.26 Å². The van der Waals surface area contributed by atoms with Gasteiger partial charge in [-0.15, -0.1) is 0 Å². The van der Waals surface area contributed by atoms with Crippen molar-refractivity contribution in [2.45, 2.75) is 19.9 Å². The molecule has 26 heavy (non-hydrogen) atoms. The maximum atomic E-state index is 5.60. The fourth-order valence-corrected chi connectivity index (χ4v) is 2.56. The van der Waals surface area contributed by atoms with Crippen LogP contribution in [0.1, 0.15) is 16.8 Å². The highest BCUT2D eigenvalue weighted by Crippen LogP contribution is 2.19. The van der Waals surface area contributed by atoms with Crippen molar-refractivity contribution in [3.8, 4) is 11.5 Å². The number of aromatic nitrogens is 1. The lowest BCUT2D eigenvalue weighted by atomic mass is 10.1. The minimum Gasteiger partial charge on any atom is -0.444 e. The van der Waals surface area contributed by atoms with Crippen LogP contribution in [0.4, 0.5) is 0 Å². The average Bonchev–Trinajstić information content (AvgIpc) is 3.15. The largest absolute Gasteiger partial charge is 0.444 e. The predicted octanol–water partition coefficient (Wildman–Crippen LogP) is 3.56. The Bertz CT molecular complexity index is 838. The lowest BCUT2D eigenvalue weighted by molar-refractivity contribution is 0.572. The van der Waals surface area contributed by atoms with Gasteiger partial charge in [-0.05, 0) is 24.6 Å². The summed E-state index contributed by atoms with van der Waals surface area (Å²) in [5.41, 5.74) is 4.36. The number of oxazole rings is 1. The van der Waals surface area contributed by atoms with Gasteiger partial charge in [0.15, 0.2) is 5.96 Å². The van der Waals surface area contributed by atoms with Crippen molar-refractivity contribution in [2.24, 2.45) is 4.99 Å². The van der Waals surface area contributed by atoms with Gasteiger partial charge in [0.2, 0.25) is 5.89 Å². The normalized spacial score (nSPS) is 11.4. The van der Waals surface area contributed by atoms with E-state index >= 15 is 0 Å². The SMILES string of the molecule is CN=C(NCCc1coc(-c2ccc(C)cc2)n1)NCc1ccccc1. The van der Waals surface area contributed by atoms with Crippen LogP contribution in [0, 0.1) is 6.92 Å². The highest BCUT2D eigenvalue weighted by atomic mass is 16.3. The first-order chi connectivity index (χ1) is 12.7. The van der Waals surface area contributed by atoms with Crippen molar-refractivity contribution in [1.29, 1.82) is 0 Å². The van der Waals surface area contributed by atoms with E-state index in [-0.39, 0.29) is 0 Å². The van der Waals surface area contributed by atoms with Crippen LogP contribution >= 0.6 is 0 Å². The Morgan fingerprint density at radius 3 is 2.54 bits per heavy atom. The zero-order valence-corrected chi connectivity index (χ0v) is 15.2. The second kappa shape index (κ2) is 8.85. The van der Waals surface area contributed by atoms with E-state index in [0.29, 0.717) is 5.89 Å². The molecule has 0 atom stereocenters. The van der Waals surface area contributed by atoms with Crippen LogP contribution in [-0.2, 0) is 13.0 Å². The molecule has 0 amide bonds. The minimum absolute atomic E-state index is 0.659. The molecule has 0 bridgehead atoms. The summed E-state index contributed by atoms with van der Waals surface area (Å²) in [6.45, 7) is 3.53. The van der Waals surface area contributed by atoms with Gasteiger partial charge in [-0.3, -0.25) is 4.99 Å². The lowest BCUT2D eigenvalue weighted by Gasteiger charge is -2.11. The summed E-state index contributed by atoms with van der Waals surface area (Å²) in [6, 6.07) is 18.4. The highest BCUT2D eigenvalue weighted by molar-refractivity contribution is 5.79. The van der Waals surface area contributed by atoms with E-state index in [1.807, 2.05) is 30.3 Å². The van der Waals surface area contributed by atoms with E-state index in [2.05, 4.69) is 51.8 Å². The lowest BCUT2D eigenvalue weighted by Crippen LogP contribution is -2.37. The first-order valence-corrected chi connectivity index (χ1v) is 8.74. The van der Waals surface area contributed by atoms with Crippen LogP contribution in [0.2, 0.25) is 0 Å². The molecule has 0 fully saturated rings. The quantitative estimate of drug-likeness (QED) is 0.528. The van der Waals surface area contributed by atoms with Crippen LogP contribution < -0.4 is 10.6 Å². The fraction of sp³-hybridized carbons (Fsp3) is 0.238. The molecule has 3 rings (SSSR count). The first kappa shape index (κ1) is 17.7. The van der Waals surface area contributed by atoms with Crippen molar-refractivity contribution in [3.63, 3.8) is 0 Å². The molecule has 2 aromatic carbocycles. The summed E-state index contributed by atoms with van der Waals surface area (Å²) in [5, 5.41) is 6.61. The molecule has 5 nitrogen and oxygen atoms in total. The molecule has 1 heterocycles. The summed E-state index contributed by atoms with van der Waals surface area (Å²) in [7, 11) is 1.77. The number of hydrogen-bond acceptors (Lipinski definition) is 3. The zero-order valence-electron chi connectivity index (χ0n) is 15.2. The fourth-order valence-electron chi connectivity index (χ4n) is 2.56. The number of nitrogens with zero attached hydrogens (tertiary/aromatic N) is 2. The number of hydrogen-bond donors (Lipinski definition) is 2. The van der Waals surface area contributed by atoms with Crippen LogP contribution in [0.15, 0.2) is 70.3 Å². The molecule has 0 spiro atoms. The average molecular weight is 348 g/mol. The Balaban J connectivity index is 1.47. The van der Waals surface area contributed by atoms with E-state index in [1.54, 1.807) is 13.3 Å². The number of nitrogens with one attached hydrogen (secondary N) is 2. The number of rotatable bonds is 6. The van der Waals surface area contributed by atoms with E-state index in [4.69, 9.17) is 4.42 Å². The maximum absolute atomic E-state index is 5.60. The molecule has 0 aliphatic heterocycles. The topological polar surface area (TPSA) is 62.5 Å². The Morgan fingerprint density at radius 2 is 1.81 bits per heavy atom. The Hall–Kier alpha value is -3.08. The van der Waals surface area contributed by atoms with Gasteiger partial charge in [0, 0.05) is 32.1 Å². The van der Waals surface area contributed by atoms with Gasteiger partial charge < -0.3 is 15.1 Å². The van der Waals surface area contributed by atoms with Gasteiger partial charge in [0.05, 0.1) is 5.69 Å². The monoisotopic (exact) mass is 348 g/mol. The number of aliphatic imine (C=N–C) groups is 1. The summed E-state index contributed by atoms with van der Waals surface area (Å²) < 4.78 is 5.60. The molecule has 0 saturated heterocycles. The van der Waals surface area contributed by atoms with Crippen molar-refractivity contribution < 1.29 is 4.42 Å². The molecule has 2 N–H and O–H groups in total. The summed E-state index contributed by atoms with van der Waals surface area (Å²) in [6.07, 6.45) is 2.48. The summed E-state index contributed by atoms with van der Waals surface area (Å²) in [4.78, 5) is 8.81. The summed E-state index contributed by atoms with van der Waals surface area (Å²) in [5.74, 6) is 1.43. The second-order valence-electron chi connectivity index (χ2n) is 6.10. The van der Waals surface area contributed by atoms with Gasteiger partial charge in [-0.1, -0.05) is 48.0 Å². The molecule has 134 valence electrons. The van der Waals surface area contributed by atoms with Gasteiger partial charge in [-0.25, -0.2) is 4.98 Å². The third-order valence-electron chi connectivity index (χ3n) is 4.05. The molecule has 0 saturated carbocycles. The van der Waals surface area contributed by atoms with E-state index in [0.717, 1.165) is 36.7 Å². The van der Waals surface area contributed by atoms with Crippen molar-refractivity contribution in [3.05, 3.63) is 77.7 Å². The Morgan fingerprint density at radius 1 is 1.04 bits per heavy atom. The van der Waals surface area contributed by atoms with E-state index in [1.165, 1.54) is 11.1 Å². The third-order valence-corrected chi connectivity index (χ3v) is 4.05. The number of guanidine groups is 1. The van der Waals surface area contributed by atoms with Crippen LogP contribution in [0.25, 0.3) is 11.5 Å².